The van der Waals surface area contributed by atoms with E-state index < -0.39 is 5.54 Å². The van der Waals surface area contributed by atoms with Crippen LogP contribution in [0.2, 0.25) is 0 Å². The predicted octanol–water partition coefficient (Wildman–Crippen LogP) is 6.99. The Morgan fingerprint density at radius 2 is 2.07 bits per heavy atom. The minimum absolute atomic E-state index is 0.0511. The zero-order valence-corrected chi connectivity index (χ0v) is 18.0. The van der Waals surface area contributed by atoms with E-state index in [1.54, 1.807) is 0 Å². The van der Waals surface area contributed by atoms with Crippen molar-refractivity contribution in [2.45, 2.75) is 64.8 Å². The van der Waals surface area contributed by atoms with E-state index in [9.17, 15) is 14.0 Å². The number of benzene rings is 1. The number of nitrogens with zero attached hydrogens (tertiary/aromatic N) is 3. The Morgan fingerprint density at radius 3 is 2.70 bits per heavy atom. The first-order chi connectivity index (χ1) is 14.3. The van der Waals surface area contributed by atoms with Crippen LogP contribution >= 0.6 is 0 Å². The van der Waals surface area contributed by atoms with E-state index in [1.165, 1.54) is 6.08 Å². The smallest absolute Gasteiger partial charge is 0.109 e. The first kappa shape index (κ1) is 22.0. The molecule has 2 aliphatic rings. The third-order valence-corrected chi connectivity index (χ3v) is 6.23. The average molecular weight is 410 g/mol. The first-order valence-electron chi connectivity index (χ1n) is 10.6. The molecule has 3 nitrogen and oxygen atoms in total. The summed E-state index contributed by atoms with van der Waals surface area (Å²) in [5.41, 5.74) is 2.94. The molecule has 30 heavy (non-hydrogen) atoms. The van der Waals surface area contributed by atoms with Gasteiger partial charge in [-0.25, -0.2) is 8.78 Å². The van der Waals surface area contributed by atoms with Gasteiger partial charge in [-0.3, -0.25) is 5.01 Å². The van der Waals surface area contributed by atoms with Gasteiger partial charge in [-0.1, -0.05) is 37.8 Å². The fourth-order valence-electron chi connectivity index (χ4n) is 4.81. The molecule has 0 N–H and O–H groups in total. The van der Waals surface area contributed by atoms with Crippen molar-refractivity contribution in [2.75, 3.05) is 0 Å². The monoisotopic (exact) mass is 409 g/mol. The molecule has 0 saturated heterocycles. The van der Waals surface area contributed by atoms with Crippen molar-refractivity contribution in [3.63, 3.8) is 0 Å². The molecule has 1 aliphatic heterocycles. The zero-order valence-electron chi connectivity index (χ0n) is 18.0. The molecule has 0 amide bonds. The van der Waals surface area contributed by atoms with Crippen molar-refractivity contribution in [2.24, 2.45) is 11.0 Å². The van der Waals surface area contributed by atoms with Gasteiger partial charge in [-0.2, -0.15) is 10.4 Å². The Morgan fingerprint density at radius 1 is 1.33 bits per heavy atom. The van der Waals surface area contributed by atoms with Crippen LogP contribution in [-0.4, -0.2) is 10.7 Å². The van der Waals surface area contributed by atoms with Crippen molar-refractivity contribution in [1.82, 2.24) is 5.01 Å². The maximum Gasteiger partial charge on any atom is 0.109 e. The molecule has 1 aromatic carbocycles. The molecule has 5 heteroatoms. The van der Waals surface area contributed by atoms with Crippen LogP contribution in [-0.2, 0) is 5.54 Å². The van der Waals surface area contributed by atoms with E-state index in [0.29, 0.717) is 30.7 Å². The van der Waals surface area contributed by atoms with Crippen LogP contribution in [0.15, 0.2) is 64.9 Å². The van der Waals surface area contributed by atoms with E-state index in [2.05, 4.69) is 25.6 Å². The largest absolute Gasteiger partial charge is 0.259 e. The van der Waals surface area contributed by atoms with E-state index in [1.807, 2.05) is 37.1 Å². The summed E-state index contributed by atoms with van der Waals surface area (Å²) in [4.78, 5) is 0. The fourth-order valence-corrected chi connectivity index (χ4v) is 4.81. The summed E-state index contributed by atoms with van der Waals surface area (Å²) in [6.45, 7) is 10.1. The number of halogens is 2. The fraction of sp³-hybridized carbons (Fsp3) is 0.440. The predicted molar refractivity (Wildman–Crippen MR) is 117 cm³/mol. The average Bonchev–Trinajstić information content (AvgIpc) is 3.03. The molecule has 158 valence electrons. The number of hydrogen-bond donors (Lipinski definition) is 0. The van der Waals surface area contributed by atoms with Crippen LogP contribution in [0, 0.1) is 24.2 Å². The van der Waals surface area contributed by atoms with Gasteiger partial charge in [-0.05, 0) is 50.3 Å². The van der Waals surface area contributed by atoms with Crippen molar-refractivity contribution >= 4 is 5.71 Å². The first-order valence-corrected chi connectivity index (χ1v) is 10.6. The molecule has 0 fully saturated rings. The van der Waals surface area contributed by atoms with Gasteiger partial charge >= 0.3 is 0 Å². The highest BCUT2D eigenvalue weighted by molar-refractivity contribution is 6.04. The number of hydrogen-bond acceptors (Lipinski definition) is 3. The lowest BCUT2D eigenvalue weighted by Crippen LogP contribution is -2.46. The van der Waals surface area contributed by atoms with E-state index in [-0.39, 0.29) is 36.0 Å². The summed E-state index contributed by atoms with van der Waals surface area (Å²) in [6, 6.07) is 10.4. The third-order valence-electron chi connectivity index (χ3n) is 6.23. The Labute approximate surface area is 178 Å². The number of aryl methyl sites for hydroxylation is 1. The van der Waals surface area contributed by atoms with Crippen LogP contribution in [0.1, 0.15) is 63.5 Å². The number of rotatable bonds is 6. The van der Waals surface area contributed by atoms with Gasteiger partial charge in [0.25, 0.3) is 0 Å². The Balaban J connectivity index is 2.23. The second-order valence-corrected chi connectivity index (χ2v) is 8.24. The van der Waals surface area contributed by atoms with Gasteiger partial charge in [0, 0.05) is 36.5 Å². The highest BCUT2D eigenvalue weighted by Gasteiger charge is 2.51. The van der Waals surface area contributed by atoms with Gasteiger partial charge in [0.15, 0.2) is 0 Å². The second-order valence-electron chi connectivity index (χ2n) is 8.24. The molecule has 2 unspecified atom stereocenters. The summed E-state index contributed by atoms with van der Waals surface area (Å²) < 4.78 is 29.2. The molecule has 2 atom stereocenters. The summed E-state index contributed by atoms with van der Waals surface area (Å²) in [5.74, 6) is -0.693. The normalized spacial score (nSPS) is 22.9. The Bertz CT molecular complexity index is 967. The van der Waals surface area contributed by atoms with Gasteiger partial charge in [0.05, 0.1) is 17.3 Å². The van der Waals surface area contributed by atoms with Crippen molar-refractivity contribution in [3.8, 4) is 6.07 Å². The molecule has 1 heterocycles. The lowest BCUT2D eigenvalue weighted by Gasteiger charge is -2.44. The van der Waals surface area contributed by atoms with Gasteiger partial charge in [-0.15, -0.1) is 0 Å². The molecule has 3 rings (SSSR count). The maximum absolute atomic E-state index is 14.9. The number of nitriles is 1. The highest BCUT2D eigenvalue weighted by Crippen LogP contribution is 2.50. The quantitative estimate of drug-likeness (QED) is 0.508. The third kappa shape index (κ3) is 3.84. The van der Waals surface area contributed by atoms with Crippen LogP contribution in [0.3, 0.4) is 0 Å². The lowest BCUT2D eigenvalue weighted by molar-refractivity contribution is 0.0839. The van der Waals surface area contributed by atoms with Crippen LogP contribution in [0.25, 0.3) is 0 Å². The Kier molecular flexibility index (Phi) is 6.55. The molecule has 0 radical (unpaired) electrons. The van der Waals surface area contributed by atoms with Crippen molar-refractivity contribution in [3.05, 3.63) is 71.0 Å². The van der Waals surface area contributed by atoms with Crippen molar-refractivity contribution in [1.29, 1.82) is 5.26 Å². The van der Waals surface area contributed by atoms with E-state index in [0.717, 1.165) is 17.5 Å². The van der Waals surface area contributed by atoms with E-state index in [4.69, 9.17) is 5.10 Å². The van der Waals surface area contributed by atoms with Crippen LogP contribution in [0.5, 0.6) is 0 Å². The minimum Gasteiger partial charge on any atom is -0.259 e. The Hall–Kier alpha value is -2.74. The van der Waals surface area contributed by atoms with Crippen molar-refractivity contribution < 1.29 is 8.78 Å². The molecular weight excluding hydrogens is 380 g/mol. The number of allylic oxidation sites excluding steroid dienone is 5. The molecule has 0 aromatic heterocycles. The van der Waals surface area contributed by atoms with Gasteiger partial charge in [0.1, 0.15) is 11.7 Å². The standard InChI is InChI=1S/C25H29F2N3/c1-5-19(13-14-28)25(22-11-7-6-9-18(22)4)16-24(29-30(25)17(2)3)21-15-20(26)10-8-12-23(21)27/h6-7,9,11,15,19H,2,5,8,10,12-13,16H2,1,3-4H3. The highest BCUT2D eigenvalue weighted by atomic mass is 19.1. The van der Waals surface area contributed by atoms with Gasteiger partial charge < -0.3 is 0 Å². The molecule has 0 spiro atoms. The maximum atomic E-state index is 14.9. The molecular formula is C25H29F2N3. The molecule has 0 bridgehead atoms. The summed E-state index contributed by atoms with van der Waals surface area (Å²) in [6.07, 6.45) is 3.68. The topological polar surface area (TPSA) is 39.4 Å². The summed E-state index contributed by atoms with van der Waals surface area (Å²) in [5, 5.41) is 16.2. The summed E-state index contributed by atoms with van der Waals surface area (Å²) >= 11 is 0. The SMILES string of the molecule is C=C(C)N1N=C(C2=C(F)CCCC(F)=C2)CC1(c1ccccc1C)C(CC)CC#N. The number of hydrazone groups is 1. The lowest BCUT2D eigenvalue weighted by atomic mass is 9.70. The summed E-state index contributed by atoms with van der Waals surface area (Å²) in [7, 11) is 0. The van der Waals surface area contributed by atoms with Crippen LogP contribution in [0.4, 0.5) is 8.78 Å². The molecule has 0 saturated carbocycles. The zero-order chi connectivity index (χ0) is 21.9. The molecule has 1 aliphatic carbocycles. The van der Waals surface area contributed by atoms with Crippen LogP contribution < -0.4 is 0 Å². The second kappa shape index (κ2) is 8.95. The van der Waals surface area contributed by atoms with E-state index >= 15 is 0 Å². The van der Waals surface area contributed by atoms with Gasteiger partial charge in [0.2, 0.25) is 0 Å². The minimum atomic E-state index is -0.666. The molecule has 1 aromatic rings.